The molecule has 7 nitrogen and oxygen atoms in total. The first-order chi connectivity index (χ1) is 15.7. The Labute approximate surface area is 207 Å². The van der Waals surface area contributed by atoms with Gasteiger partial charge in [0.2, 0.25) is 15.0 Å². The first-order valence-corrected chi connectivity index (χ1v) is 13.8. The molecule has 182 valence electrons. The van der Waals surface area contributed by atoms with Crippen LogP contribution in [0, 0.1) is 5.92 Å². The molecule has 33 heavy (non-hydrogen) atoms. The molecule has 0 radical (unpaired) electrons. The van der Waals surface area contributed by atoms with E-state index in [0.717, 1.165) is 25.1 Å². The normalized spacial score (nSPS) is 16.3. The Balaban J connectivity index is 1.90. The van der Waals surface area contributed by atoms with Gasteiger partial charge in [-0.2, -0.15) is 0 Å². The Morgan fingerprint density at radius 3 is 2.85 bits per heavy atom. The van der Waals surface area contributed by atoms with Crippen LogP contribution in [-0.2, 0) is 33.4 Å². The van der Waals surface area contributed by atoms with Crippen LogP contribution < -0.4 is 5.32 Å². The third kappa shape index (κ3) is 7.15. The van der Waals surface area contributed by atoms with Gasteiger partial charge in [0.15, 0.2) is 5.11 Å². The van der Waals surface area contributed by atoms with Crippen molar-refractivity contribution in [3.05, 3.63) is 46.7 Å². The molecule has 1 N–H and O–H groups in total. The number of hydrogen-bond acceptors (Lipinski definition) is 5. The van der Waals surface area contributed by atoms with Gasteiger partial charge in [-0.3, -0.25) is 0 Å². The minimum absolute atomic E-state index is 0.0811. The highest BCUT2D eigenvalue weighted by Crippen LogP contribution is 2.22. The van der Waals surface area contributed by atoms with E-state index < -0.39 is 9.84 Å². The minimum atomic E-state index is -3.67. The average molecular weight is 513 g/mol. The van der Waals surface area contributed by atoms with Gasteiger partial charge in [-0.1, -0.05) is 37.6 Å². The molecule has 0 saturated carbocycles. The summed E-state index contributed by atoms with van der Waals surface area (Å²) in [7, 11) is -3.67. The van der Waals surface area contributed by atoms with Crippen LogP contribution in [0.4, 0.5) is 0 Å². The predicted octanol–water partition coefficient (Wildman–Crippen LogP) is 4.04. The Bertz CT molecular complexity index is 1050. The summed E-state index contributed by atoms with van der Waals surface area (Å²) in [4.78, 5) is 6.42. The molecule has 1 aliphatic heterocycles. The summed E-state index contributed by atoms with van der Waals surface area (Å²) >= 11 is 11.7. The number of nitrogens with one attached hydrogen (secondary N) is 1. The molecule has 0 bridgehead atoms. The third-order valence-corrected chi connectivity index (χ3v) is 7.62. The van der Waals surface area contributed by atoms with Gasteiger partial charge in [0.05, 0.1) is 30.3 Å². The number of ether oxygens (including phenoxy) is 1. The summed E-state index contributed by atoms with van der Waals surface area (Å²) in [5.74, 6) is 0.0859. The fraction of sp³-hybridized carbons (Fsp3) is 0.565. The molecule has 1 atom stereocenters. The van der Waals surface area contributed by atoms with E-state index >= 15 is 0 Å². The van der Waals surface area contributed by atoms with E-state index in [1.54, 1.807) is 30.5 Å². The molecular formula is C23H33ClN4O3S2. The van der Waals surface area contributed by atoms with Crippen LogP contribution in [0.3, 0.4) is 0 Å². The summed E-state index contributed by atoms with van der Waals surface area (Å²) in [6.07, 6.45) is 3.82. The molecule has 3 rings (SSSR count). The van der Waals surface area contributed by atoms with E-state index in [1.165, 1.54) is 0 Å². The Kier molecular flexibility index (Phi) is 9.15. The monoisotopic (exact) mass is 512 g/mol. The molecule has 10 heteroatoms. The second-order valence-corrected chi connectivity index (χ2v) is 11.5. The molecule has 1 aliphatic rings. The van der Waals surface area contributed by atoms with Gasteiger partial charge in [-0.15, -0.1) is 0 Å². The lowest BCUT2D eigenvalue weighted by atomic mass is 10.2. The molecule has 2 aromatic rings. The van der Waals surface area contributed by atoms with E-state index in [-0.39, 0.29) is 22.9 Å². The highest BCUT2D eigenvalue weighted by molar-refractivity contribution is 7.90. The van der Waals surface area contributed by atoms with Crippen molar-refractivity contribution in [1.82, 2.24) is 19.8 Å². The minimum Gasteiger partial charge on any atom is -0.376 e. The van der Waals surface area contributed by atoms with Crippen LogP contribution in [0.25, 0.3) is 0 Å². The Hall–Kier alpha value is -1.68. The molecule has 1 saturated heterocycles. The third-order valence-electron chi connectivity index (χ3n) is 5.39. The number of aromatic nitrogens is 2. The molecule has 0 amide bonds. The first kappa shape index (κ1) is 25.9. The maximum absolute atomic E-state index is 13.3. The largest absolute Gasteiger partial charge is 0.376 e. The van der Waals surface area contributed by atoms with Gasteiger partial charge in [0.1, 0.15) is 0 Å². The molecule has 1 fully saturated rings. The Morgan fingerprint density at radius 1 is 1.42 bits per heavy atom. The number of hydrogen-bond donors (Lipinski definition) is 1. The number of sulfone groups is 1. The fourth-order valence-electron chi connectivity index (χ4n) is 3.95. The smallest absolute Gasteiger partial charge is 0.228 e. The zero-order valence-electron chi connectivity index (χ0n) is 19.5. The van der Waals surface area contributed by atoms with E-state index in [9.17, 15) is 8.42 Å². The van der Waals surface area contributed by atoms with Crippen molar-refractivity contribution in [2.75, 3.05) is 19.7 Å². The van der Waals surface area contributed by atoms with E-state index in [0.29, 0.717) is 41.9 Å². The summed E-state index contributed by atoms with van der Waals surface area (Å²) in [5, 5.41) is 4.44. The summed E-state index contributed by atoms with van der Waals surface area (Å²) < 4.78 is 34.3. The lowest BCUT2D eigenvalue weighted by Crippen LogP contribution is -2.43. The molecule has 0 spiro atoms. The van der Waals surface area contributed by atoms with Crippen molar-refractivity contribution in [2.45, 2.75) is 63.7 Å². The number of thiocarbonyl (C=S) groups is 1. The lowest BCUT2D eigenvalue weighted by molar-refractivity contribution is 0.0892. The summed E-state index contributed by atoms with van der Waals surface area (Å²) in [6, 6.07) is 6.92. The topological polar surface area (TPSA) is 76.5 Å². The first-order valence-electron chi connectivity index (χ1n) is 11.4. The average Bonchev–Trinajstić information content (AvgIpc) is 3.37. The van der Waals surface area contributed by atoms with E-state index in [1.807, 2.05) is 11.5 Å². The lowest BCUT2D eigenvalue weighted by Gasteiger charge is -2.28. The van der Waals surface area contributed by atoms with Gasteiger partial charge < -0.3 is 19.5 Å². The standard InChI is InChI=1S/C23H33ClN4O3S2/c1-4-25-22(32)27(15-21-9-6-10-31-21)14-20-12-26-23(28(20)13-17(2)3)33(29,30)16-18-7-5-8-19(24)11-18/h5,7-8,11-12,17,21H,4,6,9-10,13-16H2,1-3H3,(H,25,32)/t21-/m1/s1. The van der Waals surface area contributed by atoms with Crippen LogP contribution in [0.2, 0.25) is 5.02 Å². The van der Waals surface area contributed by atoms with Gasteiger partial charge >= 0.3 is 0 Å². The van der Waals surface area contributed by atoms with Crippen LogP contribution in [0.15, 0.2) is 35.6 Å². The molecule has 0 unspecified atom stereocenters. The molecule has 1 aromatic carbocycles. The number of halogens is 1. The summed E-state index contributed by atoms with van der Waals surface area (Å²) in [6.45, 7) is 9.26. The van der Waals surface area contributed by atoms with Crippen molar-refractivity contribution in [2.24, 2.45) is 5.92 Å². The van der Waals surface area contributed by atoms with Crippen molar-refractivity contribution in [3.8, 4) is 0 Å². The number of rotatable bonds is 10. The van der Waals surface area contributed by atoms with Gasteiger partial charge in [0, 0.05) is 31.3 Å². The highest BCUT2D eigenvalue weighted by atomic mass is 35.5. The highest BCUT2D eigenvalue weighted by Gasteiger charge is 2.27. The molecule has 1 aromatic heterocycles. The van der Waals surface area contributed by atoms with Crippen molar-refractivity contribution in [3.63, 3.8) is 0 Å². The van der Waals surface area contributed by atoms with Crippen molar-refractivity contribution < 1.29 is 13.2 Å². The maximum Gasteiger partial charge on any atom is 0.228 e. The SMILES string of the molecule is CCNC(=S)N(Cc1cnc(S(=O)(=O)Cc2cccc(Cl)c2)n1CC(C)C)C[C@H]1CCCO1. The zero-order valence-corrected chi connectivity index (χ0v) is 21.8. The van der Waals surface area contributed by atoms with Gasteiger partial charge in [-0.05, 0) is 55.6 Å². The molecule has 2 heterocycles. The van der Waals surface area contributed by atoms with Crippen molar-refractivity contribution in [1.29, 1.82) is 0 Å². The van der Waals surface area contributed by atoms with Crippen LogP contribution in [0.1, 0.15) is 44.9 Å². The van der Waals surface area contributed by atoms with Crippen LogP contribution >= 0.6 is 23.8 Å². The van der Waals surface area contributed by atoms with Gasteiger partial charge in [0.25, 0.3) is 0 Å². The van der Waals surface area contributed by atoms with Crippen LogP contribution in [-0.4, -0.2) is 53.8 Å². The number of nitrogens with zero attached hydrogens (tertiary/aromatic N) is 3. The second kappa shape index (κ2) is 11.6. The number of benzene rings is 1. The molecular weight excluding hydrogens is 480 g/mol. The van der Waals surface area contributed by atoms with Crippen molar-refractivity contribution >= 4 is 38.8 Å². The number of imidazole rings is 1. The van der Waals surface area contributed by atoms with E-state index in [4.69, 9.17) is 28.6 Å². The predicted molar refractivity (Wildman–Crippen MR) is 135 cm³/mol. The Morgan fingerprint density at radius 2 is 2.21 bits per heavy atom. The maximum atomic E-state index is 13.3. The van der Waals surface area contributed by atoms with E-state index in [2.05, 4.69) is 29.0 Å². The molecule has 0 aliphatic carbocycles. The zero-order chi connectivity index (χ0) is 24.0. The second-order valence-electron chi connectivity index (χ2n) is 8.78. The summed E-state index contributed by atoms with van der Waals surface area (Å²) in [5.41, 5.74) is 1.45. The van der Waals surface area contributed by atoms with Gasteiger partial charge in [-0.25, -0.2) is 13.4 Å². The fourth-order valence-corrected chi connectivity index (χ4v) is 5.93. The quantitative estimate of drug-likeness (QED) is 0.481. The van der Waals surface area contributed by atoms with Crippen LogP contribution in [0.5, 0.6) is 0 Å².